The van der Waals surface area contributed by atoms with Crippen LogP contribution in [0.5, 0.6) is 0 Å². The van der Waals surface area contributed by atoms with Crippen LogP contribution in [-0.4, -0.2) is 71.0 Å². The highest BCUT2D eigenvalue weighted by molar-refractivity contribution is 8.26. The second-order valence-electron chi connectivity index (χ2n) is 8.98. The Morgan fingerprint density at radius 2 is 1.88 bits per heavy atom. The zero-order chi connectivity index (χ0) is 24.9. The number of nitriles is 1. The van der Waals surface area contributed by atoms with E-state index >= 15 is 0 Å². The molecule has 0 aromatic carbocycles. The molecule has 1 aromatic rings. The van der Waals surface area contributed by atoms with E-state index in [0.717, 1.165) is 11.8 Å². The largest absolute Gasteiger partial charge is 0.372 e. The van der Waals surface area contributed by atoms with E-state index < -0.39 is 21.4 Å². The van der Waals surface area contributed by atoms with Crippen molar-refractivity contribution in [3.8, 4) is 6.07 Å². The van der Waals surface area contributed by atoms with Crippen LogP contribution in [0.3, 0.4) is 0 Å². The average molecular weight is 523 g/mol. The highest BCUT2D eigenvalue weighted by Gasteiger charge is 2.42. The molecule has 1 amide bonds. The Bertz CT molecular complexity index is 1300. The summed E-state index contributed by atoms with van der Waals surface area (Å²) >= 11 is 6.55. The zero-order valence-corrected chi connectivity index (χ0v) is 21.8. The maximum absolute atomic E-state index is 13.3. The normalized spacial score (nSPS) is 28.1. The highest BCUT2D eigenvalue weighted by atomic mass is 32.2. The van der Waals surface area contributed by atoms with Gasteiger partial charge < -0.3 is 9.64 Å². The van der Waals surface area contributed by atoms with Crippen molar-refractivity contribution in [2.75, 3.05) is 29.5 Å². The van der Waals surface area contributed by atoms with Gasteiger partial charge in [-0.25, -0.2) is 8.42 Å². The quantitative estimate of drug-likeness (QED) is 0.431. The summed E-state index contributed by atoms with van der Waals surface area (Å²) in [5, 5.41) is 9.65. The van der Waals surface area contributed by atoms with Crippen molar-refractivity contribution in [2.24, 2.45) is 7.05 Å². The molecule has 0 N–H and O–H groups in total. The minimum Gasteiger partial charge on any atom is -0.372 e. The van der Waals surface area contributed by atoms with Gasteiger partial charge in [0.15, 0.2) is 9.84 Å². The second kappa shape index (κ2) is 9.11. The van der Waals surface area contributed by atoms with Crippen molar-refractivity contribution in [2.45, 2.75) is 45.4 Å². The number of ether oxygens (including phenoxy) is 1. The Labute approximate surface area is 208 Å². The lowest BCUT2D eigenvalue weighted by Crippen LogP contribution is -2.47. The molecular weight excluding hydrogens is 496 g/mol. The number of amides is 1. The van der Waals surface area contributed by atoms with Crippen molar-refractivity contribution < 1.29 is 17.9 Å². The van der Waals surface area contributed by atoms with Crippen molar-refractivity contribution in [3.05, 3.63) is 31.9 Å². The monoisotopic (exact) mass is 522 g/mol. The van der Waals surface area contributed by atoms with Crippen LogP contribution in [-0.2, 0) is 26.4 Å². The van der Waals surface area contributed by atoms with Gasteiger partial charge in [0.05, 0.1) is 34.7 Å². The first kappa shape index (κ1) is 24.9. The fourth-order valence-corrected chi connectivity index (χ4v) is 7.93. The molecule has 0 saturated carbocycles. The van der Waals surface area contributed by atoms with Crippen molar-refractivity contribution in [3.63, 3.8) is 0 Å². The summed E-state index contributed by atoms with van der Waals surface area (Å²) in [6, 6.07) is 1.53. The highest BCUT2D eigenvalue weighted by Crippen LogP contribution is 2.38. The SMILES string of the molecule is Cc1c(/C=C2\SC(=S)N(C3CCS(=O)(=O)C3)C2=O)c(N2CC(C)OC(C)C2)n(C)c(=O)c1C#N. The van der Waals surface area contributed by atoms with E-state index in [-0.39, 0.29) is 35.2 Å². The summed E-state index contributed by atoms with van der Waals surface area (Å²) in [4.78, 5) is 30.0. The summed E-state index contributed by atoms with van der Waals surface area (Å²) < 4.78 is 31.5. The Hall–Kier alpha value is -2.20. The number of nitrogens with zero attached hydrogens (tertiary/aromatic N) is 4. The standard InChI is InChI=1S/C22H26N4O5S3/c1-12-9-25(10-13(2)31-12)19-16(14(3)17(8-23)20(27)24(19)4)7-18-21(28)26(22(32)33-18)15-5-6-34(29,30)11-15/h7,12-13,15H,5-6,9-11H2,1-4H3/b18-7-. The number of thiocarbonyl (C=S) groups is 1. The van der Waals surface area contributed by atoms with E-state index in [2.05, 4.69) is 0 Å². The van der Waals surface area contributed by atoms with E-state index in [1.807, 2.05) is 24.8 Å². The third-order valence-electron chi connectivity index (χ3n) is 6.36. The fourth-order valence-electron chi connectivity index (χ4n) is 4.85. The van der Waals surface area contributed by atoms with Crippen LogP contribution >= 0.6 is 24.0 Å². The molecule has 0 radical (unpaired) electrons. The number of morpholine rings is 1. The molecule has 4 heterocycles. The number of carbonyl (C=O) groups is 1. The molecular formula is C22H26N4O5S3. The van der Waals surface area contributed by atoms with E-state index in [9.17, 15) is 23.3 Å². The van der Waals surface area contributed by atoms with Crippen molar-refractivity contribution in [1.82, 2.24) is 9.47 Å². The molecule has 0 bridgehead atoms. The predicted molar refractivity (Wildman–Crippen MR) is 135 cm³/mol. The molecule has 3 fully saturated rings. The molecule has 3 aliphatic rings. The second-order valence-corrected chi connectivity index (χ2v) is 12.9. The molecule has 3 unspecified atom stereocenters. The summed E-state index contributed by atoms with van der Waals surface area (Å²) in [7, 11) is -1.57. The molecule has 4 rings (SSSR count). The van der Waals surface area contributed by atoms with Crippen LogP contribution in [0.4, 0.5) is 5.82 Å². The minimum atomic E-state index is -3.19. The third kappa shape index (κ3) is 4.42. The number of hydrogen-bond donors (Lipinski definition) is 0. The lowest BCUT2D eigenvalue weighted by molar-refractivity contribution is -0.123. The van der Waals surface area contributed by atoms with E-state index in [1.54, 1.807) is 20.0 Å². The Morgan fingerprint density at radius 1 is 1.24 bits per heavy atom. The zero-order valence-electron chi connectivity index (χ0n) is 19.4. The Morgan fingerprint density at radius 3 is 2.44 bits per heavy atom. The maximum Gasteiger partial charge on any atom is 0.270 e. The van der Waals surface area contributed by atoms with E-state index in [0.29, 0.717) is 45.7 Å². The number of rotatable bonds is 3. The van der Waals surface area contributed by atoms with Gasteiger partial charge in [0.25, 0.3) is 11.5 Å². The Kier molecular flexibility index (Phi) is 6.67. The molecule has 3 atom stereocenters. The van der Waals surface area contributed by atoms with Crippen LogP contribution in [0.2, 0.25) is 0 Å². The molecule has 0 aliphatic carbocycles. The number of carbonyl (C=O) groups excluding carboxylic acids is 1. The molecule has 0 spiro atoms. The van der Waals surface area contributed by atoms with Crippen LogP contribution in [0.1, 0.15) is 37.0 Å². The van der Waals surface area contributed by atoms with Gasteiger partial charge in [-0.1, -0.05) is 24.0 Å². The fraction of sp³-hybridized carbons (Fsp3) is 0.545. The Balaban J connectivity index is 1.82. The van der Waals surface area contributed by atoms with Gasteiger partial charge in [0.2, 0.25) is 0 Å². The van der Waals surface area contributed by atoms with Gasteiger partial charge >= 0.3 is 0 Å². The predicted octanol–water partition coefficient (Wildman–Crippen LogP) is 1.57. The lowest BCUT2D eigenvalue weighted by atomic mass is 10.0. The first-order valence-corrected chi connectivity index (χ1v) is 14.0. The number of hydrogen-bond acceptors (Lipinski definition) is 9. The summed E-state index contributed by atoms with van der Waals surface area (Å²) in [5.74, 6) is 0.200. The maximum atomic E-state index is 13.3. The van der Waals surface area contributed by atoms with Crippen LogP contribution in [0, 0.1) is 18.3 Å². The molecule has 1 aromatic heterocycles. The van der Waals surface area contributed by atoms with Crippen LogP contribution in [0.15, 0.2) is 9.70 Å². The van der Waals surface area contributed by atoms with Gasteiger partial charge in [0.1, 0.15) is 21.8 Å². The van der Waals surface area contributed by atoms with Crippen LogP contribution < -0.4 is 10.5 Å². The lowest BCUT2D eigenvalue weighted by Gasteiger charge is -2.38. The molecule has 34 heavy (non-hydrogen) atoms. The van der Waals surface area contributed by atoms with Crippen molar-refractivity contribution >= 4 is 55.9 Å². The molecule has 9 nitrogen and oxygen atoms in total. The summed E-state index contributed by atoms with van der Waals surface area (Å²) in [6.45, 7) is 6.71. The summed E-state index contributed by atoms with van der Waals surface area (Å²) in [5.41, 5.74) is 0.701. The molecule has 3 saturated heterocycles. The van der Waals surface area contributed by atoms with Gasteiger partial charge in [-0.15, -0.1) is 0 Å². The smallest absolute Gasteiger partial charge is 0.270 e. The number of thioether (sulfide) groups is 1. The van der Waals surface area contributed by atoms with Gasteiger partial charge in [-0.2, -0.15) is 5.26 Å². The van der Waals surface area contributed by atoms with E-state index in [4.69, 9.17) is 17.0 Å². The van der Waals surface area contributed by atoms with E-state index in [1.165, 1.54) is 9.47 Å². The first-order chi connectivity index (χ1) is 15.9. The minimum absolute atomic E-state index is 0.0178. The molecule has 182 valence electrons. The number of sulfone groups is 1. The third-order valence-corrected chi connectivity index (χ3v) is 9.44. The van der Waals surface area contributed by atoms with Crippen LogP contribution in [0.25, 0.3) is 6.08 Å². The number of anilines is 1. The van der Waals surface area contributed by atoms with Gasteiger partial charge in [-0.05, 0) is 38.8 Å². The molecule has 3 aliphatic heterocycles. The number of pyridine rings is 1. The molecule has 12 heteroatoms. The topological polar surface area (TPSA) is 113 Å². The first-order valence-electron chi connectivity index (χ1n) is 10.9. The average Bonchev–Trinajstić information content (AvgIpc) is 3.23. The number of aromatic nitrogens is 1. The van der Waals surface area contributed by atoms with Gasteiger partial charge in [-0.3, -0.25) is 19.1 Å². The van der Waals surface area contributed by atoms with Gasteiger partial charge in [0, 0.05) is 25.7 Å². The van der Waals surface area contributed by atoms with Crippen molar-refractivity contribution in [1.29, 1.82) is 5.26 Å². The summed E-state index contributed by atoms with van der Waals surface area (Å²) in [6.07, 6.45) is 1.91.